The molecule has 3 rings (SSSR count). The van der Waals surface area contributed by atoms with E-state index in [1.54, 1.807) is 25.1 Å². The molecule has 0 bridgehead atoms. The molecule has 1 aromatic heterocycles. The number of hydrogen-bond acceptors (Lipinski definition) is 6. The zero-order valence-electron chi connectivity index (χ0n) is 11.1. The molecule has 0 unspecified atom stereocenters. The van der Waals surface area contributed by atoms with E-state index in [0.29, 0.717) is 27.8 Å². The number of benzene rings is 1. The molecular formula is C14H11N3O3S. The minimum Gasteiger partial charge on any atom is -0.422 e. The van der Waals surface area contributed by atoms with Crippen molar-refractivity contribution >= 4 is 39.5 Å². The fourth-order valence-corrected chi connectivity index (χ4v) is 2.49. The van der Waals surface area contributed by atoms with E-state index in [1.165, 1.54) is 11.8 Å². The number of nitrogens with zero attached hydrogens (tertiary/aromatic N) is 2. The first kappa shape index (κ1) is 13.6. The molecular weight excluding hydrogens is 290 g/mol. The van der Waals surface area contributed by atoms with Crippen LogP contribution < -0.4 is 10.9 Å². The highest BCUT2D eigenvalue weighted by Crippen LogP contribution is 2.13. The Bertz CT molecular complexity index is 839. The monoisotopic (exact) mass is 301 g/mol. The average molecular weight is 301 g/mol. The molecule has 1 fully saturated rings. The highest BCUT2D eigenvalue weighted by Gasteiger charge is 2.16. The van der Waals surface area contributed by atoms with Gasteiger partial charge in [0.15, 0.2) is 5.17 Å². The lowest BCUT2D eigenvalue weighted by Gasteiger charge is -2.00. The summed E-state index contributed by atoms with van der Waals surface area (Å²) in [7, 11) is 0. The van der Waals surface area contributed by atoms with E-state index in [9.17, 15) is 9.59 Å². The van der Waals surface area contributed by atoms with Gasteiger partial charge >= 0.3 is 5.63 Å². The minimum atomic E-state index is -0.460. The third-order valence-corrected chi connectivity index (χ3v) is 3.77. The van der Waals surface area contributed by atoms with E-state index < -0.39 is 5.63 Å². The number of nitrogens with one attached hydrogen (secondary N) is 1. The minimum absolute atomic E-state index is 0.100. The van der Waals surface area contributed by atoms with Crippen molar-refractivity contribution in [3.05, 3.63) is 46.3 Å². The summed E-state index contributed by atoms with van der Waals surface area (Å²) in [6, 6.07) is 8.98. The summed E-state index contributed by atoms with van der Waals surface area (Å²) in [5, 5.41) is 11.7. The molecule has 1 amide bonds. The number of hydrogen-bond donors (Lipinski definition) is 1. The first-order chi connectivity index (χ1) is 10.1. The fraction of sp³-hybridized carbons (Fsp3) is 0.143. The Hall–Kier alpha value is -2.41. The summed E-state index contributed by atoms with van der Waals surface area (Å²) >= 11 is 1.28. The molecule has 0 radical (unpaired) electrons. The highest BCUT2D eigenvalue weighted by molar-refractivity contribution is 8.15. The molecule has 0 spiro atoms. The number of fused-ring (bicyclic) bond motifs is 1. The van der Waals surface area contributed by atoms with Crippen molar-refractivity contribution in [1.29, 1.82) is 0 Å². The van der Waals surface area contributed by atoms with Gasteiger partial charge < -0.3 is 9.73 Å². The molecule has 1 aliphatic heterocycles. The molecule has 0 saturated carbocycles. The van der Waals surface area contributed by atoms with Crippen LogP contribution in [0.2, 0.25) is 0 Å². The zero-order valence-corrected chi connectivity index (χ0v) is 11.9. The standard InChI is InChI=1S/C14H11N3O3S/c1-8(16-17-14-15-12(18)7-21-14)10-6-9-4-2-3-5-11(9)20-13(10)19/h2-6H,7H2,1H3,(H,15,17,18)/b16-8-. The van der Waals surface area contributed by atoms with Crippen LogP contribution in [0.5, 0.6) is 0 Å². The topological polar surface area (TPSA) is 84.0 Å². The zero-order chi connectivity index (χ0) is 14.8. The van der Waals surface area contributed by atoms with Gasteiger partial charge in [-0.05, 0) is 19.1 Å². The summed E-state index contributed by atoms with van der Waals surface area (Å²) in [6.45, 7) is 1.67. The van der Waals surface area contributed by atoms with Crippen molar-refractivity contribution in [2.24, 2.45) is 10.2 Å². The van der Waals surface area contributed by atoms with Crippen LogP contribution >= 0.6 is 11.8 Å². The lowest BCUT2D eigenvalue weighted by atomic mass is 10.1. The van der Waals surface area contributed by atoms with Gasteiger partial charge in [0.25, 0.3) is 0 Å². The van der Waals surface area contributed by atoms with Gasteiger partial charge in [0.2, 0.25) is 5.91 Å². The second-order valence-corrected chi connectivity index (χ2v) is 5.38. The normalized spacial score (nSPS) is 17.5. The van der Waals surface area contributed by atoms with Gasteiger partial charge in [0.05, 0.1) is 17.0 Å². The largest absolute Gasteiger partial charge is 0.422 e. The Morgan fingerprint density at radius 1 is 1.33 bits per heavy atom. The summed E-state index contributed by atoms with van der Waals surface area (Å²) in [5.41, 5.74) is 0.860. The lowest BCUT2D eigenvalue weighted by molar-refractivity contribution is -0.116. The molecule has 6 nitrogen and oxygen atoms in total. The first-order valence-corrected chi connectivity index (χ1v) is 7.20. The third kappa shape index (κ3) is 2.87. The van der Waals surface area contributed by atoms with Crippen molar-refractivity contribution in [2.45, 2.75) is 6.92 Å². The molecule has 1 aliphatic rings. The summed E-state index contributed by atoms with van der Waals surface area (Å²) in [6.07, 6.45) is 0. The molecule has 21 heavy (non-hydrogen) atoms. The van der Waals surface area contributed by atoms with Crippen molar-refractivity contribution in [3.8, 4) is 0 Å². The average Bonchev–Trinajstić information content (AvgIpc) is 2.89. The lowest BCUT2D eigenvalue weighted by Crippen LogP contribution is -2.20. The second kappa shape index (κ2) is 5.53. The molecule has 7 heteroatoms. The smallest absolute Gasteiger partial charge is 0.345 e. The Labute approximate surface area is 123 Å². The van der Waals surface area contributed by atoms with Crippen LogP contribution in [-0.4, -0.2) is 22.5 Å². The summed E-state index contributed by atoms with van der Waals surface area (Å²) in [4.78, 5) is 23.0. The number of rotatable bonds is 2. The van der Waals surface area contributed by atoms with Crippen LogP contribution in [0, 0.1) is 0 Å². The maximum Gasteiger partial charge on any atom is 0.345 e. The van der Waals surface area contributed by atoms with Gasteiger partial charge in [-0.3, -0.25) is 4.79 Å². The number of amidine groups is 1. The number of carbonyl (C=O) groups excluding carboxylic acids is 1. The molecule has 2 heterocycles. The van der Waals surface area contributed by atoms with Gasteiger partial charge in [-0.15, -0.1) is 5.10 Å². The van der Waals surface area contributed by atoms with Gasteiger partial charge in [-0.25, -0.2) is 4.79 Å². The maximum atomic E-state index is 12.0. The van der Waals surface area contributed by atoms with Gasteiger partial charge in [-0.1, -0.05) is 30.0 Å². The predicted molar refractivity (Wildman–Crippen MR) is 82.7 cm³/mol. The molecule has 0 atom stereocenters. The molecule has 1 N–H and O–H groups in total. The number of para-hydroxylation sites is 1. The molecule has 2 aromatic rings. The van der Waals surface area contributed by atoms with E-state index in [4.69, 9.17) is 4.42 Å². The van der Waals surface area contributed by atoms with Crippen molar-refractivity contribution in [3.63, 3.8) is 0 Å². The van der Waals surface area contributed by atoms with Crippen LogP contribution in [0.15, 0.2) is 49.7 Å². The van der Waals surface area contributed by atoms with Crippen LogP contribution in [0.3, 0.4) is 0 Å². The molecule has 0 aliphatic carbocycles. The Morgan fingerprint density at radius 2 is 2.14 bits per heavy atom. The van der Waals surface area contributed by atoms with E-state index >= 15 is 0 Å². The van der Waals surface area contributed by atoms with E-state index in [1.807, 2.05) is 12.1 Å². The Kier molecular flexibility index (Phi) is 3.57. The maximum absolute atomic E-state index is 12.0. The van der Waals surface area contributed by atoms with Crippen LogP contribution in [0.25, 0.3) is 11.0 Å². The van der Waals surface area contributed by atoms with Crippen LogP contribution in [-0.2, 0) is 4.79 Å². The van der Waals surface area contributed by atoms with Crippen molar-refractivity contribution in [1.82, 2.24) is 5.32 Å². The van der Waals surface area contributed by atoms with Gasteiger partial charge in [0.1, 0.15) is 5.58 Å². The Balaban J connectivity index is 1.97. The van der Waals surface area contributed by atoms with Crippen molar-refractivity contribution < 1.29 is 9.21 Å². The third-order valence-electron chi connectivity index (χ3n) is 2.91. The number of carbonyl (C=O) groups is 1. The Morgan fingerprint density at radius 3 is 2.90 bits per heavy atom. The SMILES string of the molecule is C/C(=N/N=C1NC(=O)CS1)c1cc2ccccc2oc1=O. The van der Waals surface area contributed by atoms with Crippen LogP contribution in [0.1, 0.15) is 12.5 Å². The van der Waals surface area contributed by atoms with E-state index in [0.717, 1.165) is 5.39 Å². The van der Waals surface area contributed by atoms with E-state index in [2.05, 4.69) is 15.5 Å². The second-order valence-electron chi connectivity index (χ2n) is 4.41. The summed E-state index contributed by atoms with van der Waals surface area (Å²) in [5.74, 6) is 0.239. The molecule has 1 aromatic carbocycles. The predicted octanol–water partition coefficient (Wildman–Crippen LogP) is 1.74. The number of thioether (sulfide) groups is 1. The quantitative estimate of drug-likeness (QED) is 0.520. The van der Waals surface area contributed by atoms with E-state index in [-0.39, 0.29) is 5.91 Å². The van der Waals surface area contributed by atoms with Crippen LogP contribution in [0.4, 0.5) is 0 Å². The number of amides is 1. The fourth-order valence-electron chi connectivity index (χ4n) is 1.87. The van der Waals surface area contributed by atoms with Gasteiger partial charge in [0, 0.05) is 5.39 Å². The highest BCUT2D eigenvalue weighted by atomic mass is 32.2. The summed E-state index contributed by atoms with van der Waals surface area (Å²) < 4.78 is 5.24. The first-order valence-electron chi connectivity index (χ1n) is 6.21. The van der Waals surface area contributed by atoms with Crippen molar-refractivity contribution in [2.75, 3.05) is 5.75 Å². The van der Waals surface area contributed by atoms with Gasteiger partial charge in [-0.2, -0.15) is 5.10 Å². The molecule has 1 saturated heterocycles. The molecule has 106 valence electrons.